The highest BCUT2D eigenvalue weighted by molar-refractivity contribution is 5.85. The van der Waals surface area contributed by atoms with Crippen LogP contribution in [0.15, 0.2) is 30.3 Å². The van der Waals surface area contributed by atoms with E-state index in [9.17, 15) is 19.2 Å². The molecule has 0 heterocycles. The van der Waals surface area contributed by atoms with Crippen molar-refractivity contribution in [1.29, 1.82) is 0 Å². The van der Waals surface area contributed by atoms with Crippen LogP contribution in [0.5, 0.6) is 0 Å². The van der Waals surface area contributed by atoms with Crippen LogP contribution in [0, 0.1) is 0 Å². The maximum atomic E-state index is 11.8. The van der Waals surface area contributed by atoms with Gasteiger partial charge >= 0.3 is 23.9 Å². The normalized spacial score (nSPS) is 10.7. The second-order valence-corrected chi connectivity index (χ2v) is 10.0. The fraction of sp³-hybridized carbons (Fsp3) is 0.677. The molecule has 0 aliphatic carbocycles. The molecule has 0 aliphatic heterocycles. The predicted octanol–water partition coefficient (Wildman–Crippen LogP) is 7.69. The number of carbonyl (C=O) groups is 4. The Morgan fingerprint density at radius 1 is 0.500 bits per heavy atom. The van der Waals surface area contributed by atoms with E-state index in [0.29, 0.717) is 19.4 Å². The van der Waals surface area contributed by atoms with Crippen LogP contribution >= 0.6 is 0 Å². The summed E-state index contributed by atoms with van der Waals surface area (Å²) in [4.78, 5) is 45.9. The van der Waals surface area contributed by atoms with Crippen molar-refractivity contribution >= 4 is 23.9 Å². The Hall–Kier alpha value is -2.70. The summed E-state index contributed by atoms with van der Waals surface area (Å²) in [6, 6.07) is 9.69. The molecule has 1 aromatic carbocycles. The van der Waals surface area contributed by atoms with Gasteiger partial charge in [0.1, 0.15) is 6.61 Å². The summed E-state index contributed by atoms with van der Waals surface area (Å²) in [7, 11) is 0. The fourth-order valence-electron chi connectivity index (χ4n) is 4.24. The van der Waals surface area contributed by atoms with Crippen LogP contribution in [0.25, 0.3) is 0 Å². The first-order valence-corrected chi connectivity index (χ1v) is 14.6. The van der Waals surface area contributed by atoms with Crippen LogP contribution in [0.4, 0.5) is 0 Å². The summed E-state index contributed by atoms with van der Waals surface area (Å²) in [6.45, 7) is 0.336. The number of aliphatic carboxylic acids is 1. The highest BCUT2D eigenvalue weighted by Gasteiger charge is 2.10. The lowest BCUT2D eigenvalue weighted by molar-refractivity contribution is -0.160. The van der Waals surface area contributed by atoms with Crippen molar-refractivity contribution in [2.24, 2.45) is 0 Å². The van der Waals surface area contributed by atoms with E-state index in [0.717, 1.165) is 108 Å². The van der Waals surface area contributed by atoms with E-state index in [-0.39, 0.29) is 18.8 Å². The molecule has 7 nitrogen and oxygen atoms in total. The molecule has 38 heavy (non-hydrogen) atoms. The van der Waals surface area contributed by atoms with Gasteiger partial charge in [0.2, 0.25) is 0 Å². The topological polar surface area (TPSA) is 107 Å². The van der Waals surface area contributed by atoms with Gasteiger partial charge in [-0.1, -0.05) is 107 Å². The van der Waals surface area contributed by atoms with E-state index in [1.54, 1.807) is 0 Å². The minimum absolute atomic E-state index is 0.141. The second kappa shape index (κ2) is 23.4. The van der Waals surface area contributed by atoms with Crippen LogP contribution in [-0.4, -0.2) is 29.0 Å². The van der Waals surface area contributed by atoms with E-state index >= 15 is 0 Å². The average Bonchev–Trinajstić information content (AvgIpc) is 2.90. The van der Waals surface area contributed by atoms with Crippen molar-refractivity contribution in [3.8, 4) is 0 Å². The number of rotatable bonds is 24. The molecule has 1 N–H and O–H groups in total. The van der Waals surface area contributed by atoms with Crippen LogP contribution in [0.2, 0.25) is 0 Å². The highest BCUT2D eigenvalue weighted by Crippen LogP contribution is 2.13. The molecule has 7 heteroatoms. The lowest BCUT2D eigenvalue weighted by Crippen LogP contribution is -2.11. The largest absolute Gasteiger partial charge is 0.481 e. The Bertz CT molecular complexity index is 776. The zero-order chi connectivity index (χ0) is 27.7. The van der Waals surface area contributed by atoms with Crippen molar-refractivity contribution in [3.63, 3.8) is 0 Å². The molecule has 1 aromatic rings. The molecule has 0 unspecified atom stereocenters. The average molecular weight is 533 g/mol. The SMILES string of the molecule is O=C(O)CCCCCCCCCCC(=O)OC(=O)CCCCCCCCCCC(=O)OCc1ccccc1. The molecule has 1 rings (SSSR count). The molecule has 0 amide bonds. The first-order chi connectivity index (χ1) is 18.5. The maximum Gasteiger partial charge on any atom is 0.313 e. The minimum Gasteiger partial charge on any atom is -0.481 e. The van der Waals surface area contributed by atoms with Gasteiger partial charge in [0, 0.05) is 25.7 Å². The highest BCUT2D eigenvalue weighted by atomic mass is 16.6. The standard InChI is InChI=1S/C31H48O7/c32-28(33)22-16-9-5-1-2-7-11-18-24-30(35)38-31(36)25-19-12-8-4-3-6-10-17-23-29(34)37-26-27-20-14-13-15-21-27/h13-15,20-21H,1-12,16-19,22-26H2,(H,32,33). The molecule has 214 valence electrons. The number of carboxylic acids is 1. The van der Waals surface area contributed by atoms with Crippen molar-refractivity contribution in [1.82, 2.24) is 0 Å². The number of hydrogen-bond acceptors (Lipinski definition) is 6. The Labute approximate surface area is 228 Å². The number of benzene rings is 1. The van der Waals surface area contributed by atoms with Crippen molar-refractivity contribution in [2.45, 2.75) is 135 Å². The summed E-state index contributed by atoms with van der Waals surface area (Å²) >= 11 is 0. The van der Waals surface area contributed by atoms with Gasteiger partial charge in [-0.05, 0) is 31.2 Å². The number of unbranched alkanes of at least 4 members (excludes halogenated alkanes) is 14. The van der Waals surface area contributed by atoms with Crippen molar-refractivity contribution in [3.05, 3.63) is 35.9 Å². The van der Waals surface area contributed by atoms with Crippen LogP contribution in [0.1, 0.15) is 134 Å². The summed E-state index contributed by atoms with van der Waals surface area (Å²) in [5.41, 5.74) is 1.00. The van der Waals surface area contributed by atoms with Crippen LogP contribution < -0.4 is 0 Å². The lowest BCUT2D eigenvalue weighted by Gasteiger charge is -2.05. The molecule has 0 saturated carbocycles. The van der Waals surface area contributed by atoms with Crippen LogP contribution in [0.3, 0.4) is 0 Å². The third-order valence-corrected chi connectivity index (χ3v) is 6.50. The summed E-state index contributed by atoms with van der Waals surface area (Å²) < 4.78 is 10.2. The molecule has 0 spiro atoms. The zero-order valence-electron chi connectivity index (χ0n) is 23.1. The van der Waals surface area contributed by atoms with Gasteiger partial charge in [0.25, 0.3) is 0 Å². The van der Waals surface area contributed by atoms with Gasteiger partial charge in [-0.3, -0.25) is 19.2 Å². The first-order valence-electron chi connectivity index (χ1n) is 14.6. The smallest absolute Gasteiger partial charge is 0.313 e. The number of carboxylic acid groups (broad SMARTS) is 1. The van der Waals surface area contributed by atoms with Gasteiger partial charge in [-0.15, -0.1) is 0 Å². The molecule has 0 aliphatic rings. The quantitative estimate of drug-likeness (QED) is 0.0826. The van der Waals surface area contributed by atoms with E-state index in [1.165, 1.54) is 0 Å². The molecular formula is C31H48O7. The van der Waals surface area contributed by atoms with Crippen molar-refractivity contribution in [2.75, 3.05) is 0 Å². The number of ether oxygens (including phenoxy) is 2. The molecule has 0 aromatic heterocycles. The molecule has 0 fully saturated rings. The molecule has 0 radical (unpaired) electrons. The van der Waals surface area contributed by atoms with E-state index in [2.05, 4.69) is 0 Å². The Morgan fingerprint density at radius 3 is 1.29 bits per heavy atom. The van der Waals surface area contributed by atoms with Gasteiger partial charge in [-0.25, -0.2) is 0 Å². The van der Waals surface area contributed by atoms with Gasteiger partial charge in [0.15, 0.2) is 0 Å². The van der Waals surface area contributed by atoms with Crippen LogP contribution in [-0.2, 0) is 35.3 Å². The third-order valence-electron chi connectivity index (χ3n) is 6.50. The number of carbonyl (C=O) groups excluding carboxylic acids is 3. The molecule has 0 saturated heterocycles. The molecule has 0 atom stereocenters. The fourth-order valence-corrected chi connectivity index (χ4v) is 4.24. The minimum atomic E-state index is -0.731. The Morgan fingerprint density at radius 2 is 0.868 bits per heavy atom. The zero-order valence-corrected chi connectivity index (χ0v) is 23.1. The molecule has 0 bridgehead atoms. The monoisotopic (exact) mass is 532 g/mol. The summed E-state index contributed by atoms with van der Waals surface area (Å²) in [5, 5.41) is 8.59. The third kappa shape index (κ3) is 21.4. The lowest BCUT2D eigenvalue weighted by atomic mass is 10.1. The second-order valence-electron chi connectivity index (χ2n) is 10.0. The Balaban J connectivity index is 1.82. The Kier molecular flexibility index (Phi) is 20.5. The maximum absolute atomic E-state index is 11.8. The summed E-state index contributed by atoms with van der Waals surface area (Å²) in [6.07, 6.45) is 16.9. The van der Waals surface area contributed by atoms with E-state index < -0.39 is 17.9 Å². The van der Waals surface area contributed by atoms with Gasteiger partial charge in [-0.2, -0.15) is 0 Å². The van der Waals surface area contributed by atoms with Crippen molar-refractivity contribution < 1.29 is 33.8 Å². The number of hydrogen-bond donors (Lipinski definition) is 1. The van der Waals surface area contributed by atoms with E-state index in [1.807, 2.05) is 30.3 Å². The first kappa shape index (κ1) is 33.3. The van der Waals surface area contributed by atoms with E-state index in [4.69, 9.17) is 14.6 Å². The number of esters is 3. The van der Waals surface area contributed by atoms with Gasteiger partial charge < -0.3 is 14.6 Å². The van der Waals surface area contributed by atoms with Gasteiger partial charge in [0.05, 0.1) is 0 Å². The predicted molar refractivity (Wildman–Crippen MR) is 147 cm³/mol. The molecular weight excluding hydrogens is 484 g/mol. The summed E-state index contributed by atoms with van der Waals surface area (Å²) in [5.74, 6) is -1.72.